The fraction of sp³-hybridized carbons (Fsp3) is 0.579. The van der Waals surface area contributed by atoms with E-state index in [9.17, 15) is 4.79 Å². The summed E-state index contributed by atoms with van der Waals surface area (Å²) in [7, 11) is 0. The number of nitrogens with zero attached hydrogens (tertiary/aromatic N) is 4. The van der Waals surface area contributed by atoms with Crippen LogP contribution in [0.15, 0.2) is 29.4 Å². The number of hydrogen-bond donors (Lipinski definition) is 1. The number of carbonyl (C=O) groups excluding carboxylic acids is 1. The van der Waals surface area contributed by atoms with Crippen LogP contribution in [-0.4, -0.2) is 44.5 Å². The minimum Gasteiger partial charge on any atom is -0.492 e. The van der Waals surface area contributed by atoms with E-state index in [0.717, 1.165) is 12.1 Å². The third-order valence-electron chi connectivity index (χ3n) is 5.22. The molecule has 0 unspecified atom stereocenters. The van der Waals surface area contributed by atoms with Gasteiger partial charge in [0.15, 0.2) is 0 Å². The van der Waals surface area contributed by atoms with Crippen LogP contribution in [0.3, 0.4) is 0 Å². The van der Waals surface area contributed by atoms with Gasteiger partial charge in [0.05, 0.1) is 12.4 Å². The van der Waals surface area contributed by atoms with E-state index >= 15 is 0 Å². The van der Waals surface area contributed by atoms with E-state index in [1.807, 2.05) is 31.2 Å². The number of nitrogens with one attached hydrogen (secondary N) is 1. The molecule has 1 saturated carbocycles. The maximum absolute atomic E-state index is 12.4. The van der Waals surface area contributed by atoms with E-state index in [1.54, 1.807) is 4.68 Å². The van der Waals surface area contributed by atoms with Crippen LogP contribution < -0.4 is 10.1 Å². The standard InChI is InChI=1S/C19H27N5O2S/c1-4-26-17-11-6-5-10-16(17)24-19(21-22-23-24)27-12-18(25)20-15-9-7-8-13(2)14(15)3/h5-6,10-11,13-15H,4,7-9,12H2,1-3H3,(H,20,25)/t13-,14+,15-/m1/s1. The highest BCUT2D eigenvalue weighted by Crippen LogP contribution is 2.30. The van der Waals surface area contributed by atoms with Crippen molar-refractivity contribution in [3.05, 3.63) is 24.3 Å². The number of para-hydroxylation sites is 2. The molecule has 7 nitrogen and oxygen atoms in total. The lowest BCUT2D eigenvalue weighted by Gasteiger charge is -2.34. The number of thioether (sulfide) groups is 1. The van der Waals surface area contributed by atoms with E-state index in [-0.39, 0.29) is 17.7 Å². The fourth-order valence-electron chi connectivity index (χ4n) is 3.49. The van der Waals surface area contributed by atoms with Crippen molar-refractivity contribution >= 4 is 17.7 Å². The normalized spacial score (nSPS) is 22.4. The van der Waals surface area contributed by atoms with Gasteiger partial charge in [0.25, 0.3) is 0 Å². The van der Waals surface area contributed by atoms with Crippen LogP contribution in [0.4, 0.5) is 0 Å². The van der Waals surface area contributed by atoms with Crippen LogP contribution in [0.5, 0.6) is 5.75 Å². The van der Waals surface area contributed by atoms with Crippen LogP contribution in [0.2, 0.25) is 0 Å². The van der Waals surface area contributed by atoms with Crippen LogP contribution in [0.1, 0.15) is 40.0 Å². The van der Waals surface area contributed by atoms with Crippen molar-refractivity contribution in [3.8, 4) is 11.4 Å². The quantitative estimate of drug-likeness (QED) is 0.733. The van der Waals surface area contributed by atoms with Crippen molar-refractivity contribution in [2.75, 3.05) is 12.4 Å². The van der Waals surface area contributed by atoms with Crippen molar-refractivity contribution in [2.45, 2.75) is 51.2 Å². The number of amides is 1. The van der Waals surface area contributed by atoms with Crippen molar-refractivity contribution in [2.24, 2.45) is 11.8 Å². The molecule has 1 aliphatic carbocycles. The Balaban J connectivity index is 1.63. The van der Waals surface area contributed by atoms with Crippen molar-refractivity contribution < 1.29 is 9.53 Å². The van der Waals surface area contributed by atoms with Gasteiger partial charge in [-0.2, -0.15) is 4.68 Å². The number of hydrogen-bond acceptors (Lipinski definition) is 6. The second-order valence-corrected chi connectivity index (χ2v) is 7.95. The van der Waals surface area contributed by atoms with Gasteiger partial charge in [-0.25, -0.2) is 0 Å². The van der Waals surface area contributed by atoms with E-state index < -0.39 is 0 Å². The molecule has 1 aliphatic rings. The molecular formula is C19H27N5O2S. The minimum atomic E-state index is 0.0265. The third-order valence-corrected chi connectivity index (χ3v) is 6.14. The Kier molecular flexibility index (Phi) is 6.71. The molecule has 0 radical (unpaired) electrons. The molecule has 2 aromatic rings. The van der Waals surface area contributed by atoms with Crippen molar-refractivity contribution in [1.82, 2.24) is 25.5 Å². The number of tetrazole rings is 1. The summed E-state index contributed by atoms with van der Waals surface area (Å²) in [6.45, 7) is 6.99. The molecule has 1 amide bonds. The SMILES string of the molecule is CCOc1ccccc1-n1nnnc1SCC(=O)N[C@@H]1CCC[C@@H](C)[C@@H]1C. The van der Waals surface area contributed by atoms with E-state index in [1.165, 1.54) is 24.6 Å². The summed E-state index contributed by atoms with van der Waals surface area (Å²) in [6, 6.07) is 7.86. The molecule has 146 valence electrons. The number of carbonyl (C=O) groups is 1. The van der Waals surface area contributed by atoms with Gasteiger partial charge in [-0.1, -0.05) is 50.6 Å². The highest BCUT2D eigenvalue weighted by Gasteiger charge is 2.28. The Morgan fingerprint density at radius 2 is 2.15 bits per heavy atom. The number of benzene rings is 1. The van der Waals surface area contributed by atoms with E-state index in [2.05, 4.69) is 34.7 Å². The minimum absolute atomic E-state index is 0.0265. The molecule has 0 saturated heterocycles. The highest BCUT2D eigenvalue weighted by atomic mass is 32.2. The van der Waals surface area contributed by atoms with Crippen molar-refractivity contribution in [3.63, 3.8) is 0 Å². The first-order chi connectivity index (χ1) is 13.1. The summed E-state index contributed by atoms with van der Waals surface area (Å²) < 4.78 is 7.28. The Bertz CT molecular complexity index is 766. The van der Waals surface area contributed by atoms with Gasteiger partial charge in [-0.3, -0.25) is 4.79 Å². The first-order valence-electron chi connectivity index (χ1n) is 9.53. The average Bonchev–Trinajstić information content (AvgIpc) is 3.13. The lowest BCUT2D eigenvalue weighted by Crippen LogP contribution is -2.44. The van der Waals surface area contributed by atoms with Gasteiger partial charge in [-0.15, -0.1) is 5.10 Å². The molecule has 1 fully saturated rings. The van der Waals surface area contributed by atoms with Crippen LogP contribution >= 0.6 is 11.8 Å². The monoisotopic (exact) mass is 389 g/mol. The zero-order chi connectivity index (χ0) is 19.2. The maximum Gasteiger partial charge on any atom is 0.230 e. The summed E-state index contributed by atoms with van der Waals surface area (Å²) >= 11 is 1.33. The van der Waals surface area contributed by atoms with Gasteiger partial charge in [-0.05, 0) is 47.7 Å². The zero-order valence-electron chi connectivity index (χ0n) is 16.1. The number of ether oxygens (including phenoxy) is 1. The molecule has 1 aromatic carbocycles. The third kappa shape index (κ3) is 4.80. The molecular weight excluding hydrogens is 362 g/mol. The summed E-state index contributed by atoms with van der Waals surface area (Å²) in [5.74, 6) is 2.19. The molecule has 0 bridgehead atoms. The summed E-state index contributed by atoms with van der Waals surface area (Å²) in [4.78, 5) is 12.4. The topological polar surface area (TPSA) is 81.9 Å². The second-order valence-electron chi connectivity index (χ2n) is 7.00. The molecule has 1 N–H and O–H groups in total. The second kappa shape index (κ2) is 9.21. The predicted molar refractivity (Wildman–Crippen MR) is 105 cm³/mol. The first-order valence-corrected chi connectivity index (χ1v) is 10.5. The predicted octanol–water partition coefficient (Wildman–Crippen LogP) is 3.09. The number of rotatable bonds is 7. The van der Waals surface area contributed by atoms with Crippen LogP contribution in [-0.2, 0) is 4.79 Å². The smallest absolute Gasteiger partial charge is 0.230 e. The highest BCUT2D eigenvalue weighted by molar-refractivity contribution is 7.99. The summed E-state index contributed by atoms with van der Waals surface area (Å²) in [5.41, 5.74) is 0.766. The maximum atomic E-state index is 12.4. The Hall–Kier alpha value is -2.09. The van der Waals surface area contributed by atoms with Gasteiger partial charge in [0, 0.05) is 6.04 Å². The molecule has 27 heavy (non-hydrogen) atoms. The lowest BCUT2D eigenvalue weighted by atomic mass is 9.78. The van der Waals surface area contributed by atoms with Crippen LogP contribution in [0.25, 0.3) is 5.69 Å². The first kappa shape index (κ1) is 19.7. The Morgan fingerprint density at radius 3 is 2.96 bits per heavy atom. The lowest BCUT2D eigenvalue weighted by molar-refractivity contribution is -0.120. The van der Waals surface area contributed by atoms with Gasteiger partial charge >= 0.3 is 0 Å². The van der Waals surface area contributed by atoms with Gasteiger partial charge in [0.2, 0.25) is 11.1 Å². The largest absolute Gasteiger partial charge is 0.492 e. The number of aromatic nitrogens is 4. The summed E-state index contributed by atoms with van der Waals surface area (Å²) in [5, 5.41) is 15.7. The van der Waals surface area contributed by atoms with E-state index in [0.29, 0.717) is 29.3 Å². The van der Waals surface area contributed by atoms with Gasteiger partial charge < -0.3 is 10.1 Å². The molecule has 3 atom stereocenters. The Morgan fingerprint density at radius 1 is 1.33 bits per heavy atom. The van der Waals surface area contributed by atoms with Crippen LogP contribution in [0, 0.1) is 11.8 Å². The molecule has 3 rings (SSSR count). The van der Waals surface area contributed by atoms with Crippen molar-refractivity contribution in [1.29, 1.82) is 0 Å². The molecule has 1 heterocycles. The molecule has 1 aromatic heterocycles. The fourth-order valence-corrected chi connectivity index (χ4v) is 4.19. The van der Waals surface area contributed by atoms with Gasteiger partial charge in [0.1, 0.15) is 11.4 Å². The molecule has 8 heteroatoms. The summed E-state index contributed by atoms with van der Waals surface area (Å²) in [6.07, 6.45) is 3.48. The average molecular weight is 390 g/mol. The Labute approximate surface area is 164 Å². The van der Waals surface area contributed by atoms with E-state index in [4.69, 9.17) is 4.74 Å². The molecule has 0 spiro atoms. The molecule has 0 aliphatic heterocycles. The zero-order valence-corrected chi connectivity index (χ0v) is 16.9.